The number of benzene rings is 2. The number of ketones is 1. The third-order valence-electron chi connectivity index (χ3n) is 5.44. The van der Waals surface area contributed by atoms with Crippen LogP contribution in [0.1, 0.15) is 43.7 Å². The molecule has 1 aliphatic rings. The van der Waals surface area contributed by atoms with Gasteiger partial charge in [-0.15, -0.1) is 0 Å². The van der Waals surface area contributed by atoms with Gasteiger partial charge in [-0.05, 0) is 17.7 Å². The lowest BCUT2D eigenvalue weighted by atomic mass is 9.93. The van der Waals surface area contributed by atoms with Crippen molar-refractivity contribution < 1.29 is 24.1 Å². The number of aromatic nitrogens is 1. The predicted octanol–water partition coefficient (Wildman–Crippen LogP) is 5.27. The highest BCUT2D eigenvalue weighted by atomic mass is 79.9. The van der Waals surface area contributed by atoms with Crippen LogP contribution in [0.25, 0.3) is 5.76 Å². The number of amides is 1. The van der Waals surface area contributed by atoms with E-state index in [0.717, 1.165) is 9.37 Å². The van der Waals surface area contributed by atoms with Gasteiger partial charge in [0.2, 0.25) is 0 Å². The molecule has 10 heteroatoms. The Morgan fingerprint density at radius 2 is 1.82 bits per heavy atom. The summed E-state index contributed by atoms with van der Waals surface area (Å²) in [4.78, 5) is 38.3. The monoisotopic (exact) mass is 525 g/mol. The number of aliphatic hydroxyl groups excluding tert-OH is 1. The first-order valence-corrected chi connectivity index (χ1v) is 11.1. The lowest BCUT2D eigenvalue weighted by Crippen LogP contribution is -2.29. The average Bonchev–Trinajstić information content (AvgIpc) is 3.37. The van der Waals surface area contributed by atoms with Gasteiger partial charge in [0.05, 0.1) is 16.5 Å². The van der Waals surface area contributed by atoms with Crippen molar-refractivity contribution in [3.8, 4) is 0 Å². The van der Waals surface area contributed by atoms with Crippen LogP contribution in [0.5, 0.6) is 0 Å². The summed E-state index contributed by atoms with van der Waals surface area (Å²) >= 11 is 3.32. The maximum absolute atomic E-state index is 13.2. The standard InChI is InChI=1S/C24H20BrN3O6/c1-24(2,3)17-12-18(26-34-17)27-20(14-5-4-6-16(11-14)28(32)33)19(22(30)23(27)31)21(29)13-7-9-15(25)10-8-13/h4-12,20,29H,1-3H3/t20-/m0/s1. The maximum Gasteiger partial charge on any atom is 0.301 e. The number of nitro groups is 1. The van der Waals surface area contributed by atoms with Crippen LogP contribution in [-0.4, -0.2) is 26.9 Å². The number of hydrogen-bond acceptors (Lipinski definition) is 7. The van der Waals surface area contributed by atoms with E-state index < -0.39 is 33.8 Å². The third-order valence-corrected chi connectivity index (χ3v) is 5.97. The number of nitrogens with zero attached hydrogens (tertiary/aromatic N) is 3. The van der Waals surface area contributed by atoms with E-state index in [1.54, 1.807) is 36.4 Å². The Labute approximate surface area is 202 Å². The van der Waals surface area contributed by atoms with Crippen molar-refractivity contribution in [2.24, 2.45) is 0 Å². The Hall–Kier alpha value is -3.79. The summed E-state index contributed by atoms with van der Waals surface area (Å²) < 4.78 is 6.18. The molecule has 174 valence electrons. The van der Waals surface area contributed by atoms with Crippen LogP contribution in [0.4, 0.5) is 11.5 Å². The molecule has 3 aromatic rings. The summed E-state index contributed by atoms with van der Waals surface area (Å²) in [5.74, 6) is -1.71. The molecule has 0 spiro atoms. The highest BCUT2D eigenvalue weighted by molar-refractivity contribution is 9.10. The number of non-ortho nitro benzene ring substituents is 1. The highest BCUT2D eigenvalue weighted by Crippen LogP contribution is 2.43. The zero-order valence-electron chi connectivity index (χ0n) is 18.5. The molecular weight excluding hydrogens is 506 g/mol. The summed E-state index contributed by atoms with van der Waals surface area (Å²) in [7, 11) is 0. The van der Waals surface area contributed by atoms with Gasteiger partial charge in [-0.1, -0.05) is 66.1 Å². The Morgan fingerprint density at radius 3 is 2.41 bits per heavy atom. The second-order valence-electron chi connectivity index (χ2n) is 8.83. The molecule has 0 radical (unpaired) electrons. The molecular formula is C24H20BrN3O6. The summed E-state index contributed by atoms with van der Waals surface area (Å²) in [6.45, 7) is 5.70. The van der Waals surface area contributed by atoms with Crippen molar-refractivity contribution in [1.29, 1.82) is 0 Å². The van der Waals surface area contributed by atoms with E-state index >= 15 is 0 Å². The van der Waals surface area contributed by atoms with E-state index in [1.165, 1.54) is 18.2 Å². The van der Waals surface area contributed by atoms with Crippen LogP contribution < -0.4 is 4.90 Å². The summed E-state index contributed by atoms with van der Waals surface area (Å²) in [5.41, 5.74) is -0.257. The van der Waals surface area contributed by atoms with Crippen LogP contribution >= 0.6 is 15.9 Å². The number of hydrogen-bond donors (Lipinski definition) is 1. The molecule has 1 atom stereocenters. The zero-order chi connectivity index (χ0) is 24.8. The van der Waals surface area contributed by atoms with Gasteiger partial charge in [-0.25, -0.2) is 0 Å². The minimum Gasteiger partial charge on any atom is -0.507 e. The first-order chi connectivity index (χ1) is 16.0. The van der Waals surface area contributed by atoms with E-state index in [4.69, 9.17) is 4.52 Å². The first kappa shape index (κ1) is 23.4. The zero-order valence-corrected chi connectivity index (χ0v) is 20.1. The fraction of sp³-hybridized carbons (Fsp3) is 0.208. The van der Waals surface area contributed by atoms with Crippen LogP contribution in [0.2, 0.25) is 0 Å². The smallest absolute Gasteiger partial charge is 0.301 e. The number of nitro benzene ring substituents is 1. The van der Waals surface area contributed by atoms with Crippen LogP contribution in [0.3, 0.4) is 0 Å². The van der Waals surface area contributed by atoms with Gasteiger partial charge in [0.1, 0.15) is 11.5 Å². The predicted molar refractivity (Wildman–Crippen MR) is 127 cm³/mol. The molecule has 0 saturated carbocycles. The Morgan fingerprint density at radius 1 is 1.15 bits per heavy atom. The molecule has 1 saturated heterocycles. The molecule has 1 fully saturated rings. The normalized spacial score (nSPS) is 17.9. The van der Waals surface area contributed by atoms with Gasteiger partial charge in [0.15, 0.2) is 5.82 Å². The third kappa shape index (κ3) is 4.12. The number of anilines is 1. The fourth-order valence-electron chi connectivity index (χ4n) is 3.69. The van der Waals surface area contributed by atoms with Gasteiger partial charge in [-0.3, -0.25) is 24.6 Å². The number of halogens is 1. The highest BCUT2D eigenvalue weighted by Gasteiger charge is 2.48. The van der Waals surface area contributed by atoms with E-state index in [9.17, 15) is 24.8 Å². The minimum absolute atomic E-state index is 0.0680. The molecule has 2 aromatic carbocycles. The van der Waals surface area contributed by atoms with Gasteiger partial charge >= 0.3 is 5.91 Å². The molecule has 0 bridgehead atoms. The summed E-state index contributed by atoms with van der Waals surface area (Å²) in [5, 5.41) is 26.5. The molecule has 9 nitrogen and oxygen atoms in total. The number of Topliss-reactive ketones (excluding diaryl/α,β-unsaturated/α-hetero) is 1. The topological polar surface area (TPSA) is 127 Å². The average molecular weight is 526 g/mol. The molecule has 1 aromatic heterocycles. The van der Waals surface area contributed by atoms with Crippen LogP contribution in [0.15, 0.2) is 69.2 Å². The molecule has 2 heterocycles. The quantitative estimate of drug-likeness (QED) is 0.161. The molecule has 34 heavy (non-hydrogen) atoms. The second kappa shape index (κ2) is 8.53. The van der Waals surface area contributed by atoms with Crippen molar-refractivity contribution in [2.45, 2.75) is 32.2 Å². The van der Waals surface area contributed by atoms with E-state index in [0.29, 0.717) is 11.3 Å². The van der Waals surface area contributed by atoms with Crippen molar-refractivity contribution in [2.75, 3.05) is 4.90 Å². The molecule has 4 rings (SSSR count). The largest absolute Gasteiger partial charge is 0.507 e. The molecule has 0 unspecified atom stereocenters. The van der Waals surface area contributed by atoms with Gasteiger partial charge in [0, 0.05) is 33.7 Å². The first-order valence-electron chi connectivity index (χ1n) is 10.3. The Bertz CT molecular complexity index is 1340. The number of rotatable bonds is 4. The molecule has 1 N–H and O–H groups in total. The van der Waals surface area contributed by atoms with E-state index in [2.05, 4.69) is 21.1 Å². The number of carbonyl (C=O) groups excluding carboxylic acids is 2. The second-order valence-corrected chi connectivity index (χ2v) is 9.74. The molecule has 1 aliphatic heterocycles. The lowest BCUT2D eigenvalue weighted by Gasteiger charge is -2.22. The maximum atomic E-state index is 13.2. The summed E-state index contributed by atoms with van der Waals surface area (Å²) in [6, 6.07) is 12.5. The Balaban J connectivity index is 1.95. The fourth-order valence-corrected chi connectivity index (χ4v) is 3.95. The van der Waals surface area contributed by atoms with E-state index in [-0.39, 0.29) is 22.6 Å². The lowest BCUT2D eigenvalue weighted by molar-refractivity contribution is -0.384. The van der Waals surface area contributed by atoms with E-state index in [1.807, 2.05) is 20.8 Å². The van der Waals surface area contributed by atoms with Gasteiger partial charge in [-0.2, -0.15) is 0 Å². The summed E-state index contributed by atoms with van der Waals surface area (Å²) in [6.07, 6.45) is 0. The van der Waals surface area contributed by atoms with Crippen LogP contribution in [-0.2, 0) is 15.0 Å². The van der Waals surface area contributed by atoms with Crippen molar-refractivity contribution >= 4 is 44.9 Å². The SMILES string of the molecule is CC(C)(C)c1cc(N2C(=O)C(=O)C(=C(O)c3ccc(Br)cc3)[C@@H]2c2cccc([N+](=O)[O-])c2)no1. The molecule has 0 aliphatic carbocycles. The van der Waals surface area contributed by atoms with Crippen molar-refractivity contribution in [3.63, 3.8) is 0 Å². The van der Waals surface area contributed by atoms with Crippen molar-refractivity contribution in [1.82, 2.24) is 5.16 Å². The van der Waals surface area contributed by atoms with Crippen molar-refractivity contribution in [3.05, 3.63) is 91.6 Å². The van der Waals surface area contributed by atoms with Gasteiger partial charge < -0.3 is 9.63 Å². The van der Waals surface area contributed by atoms with Crippen LogP contribution in [0, 0.1) is 10.1 Å². The number of carbonyl (C=O) groups is 2. The minimum atomic E-state index is -1.15. The Kier molecular flexibility index (Phi) is 5.86. The number of aliphatic hydroxyl groups is 1. The van der Waals surface area contributed by atoms with Gasteiger partial charge in [0.25, 0.3) is 11.5 Å². The molecule has 1 amide bonds.